The Morgan fingerprint density at radius 1 is 0.964 bits per heavy atom. The number of benzene rings is 2. The molecule has 1 heterocycles. The van der Waals surface area contributed by atoms with Crippen molar-refractivity contribution in [1.82, 2.24) is 9.97 Å². The predicted molar refractivity (Wildman–Crippen MR) is 94.8 cm³/mol. The molecule has 1 amide bonds. The number of carbonyl (C=O) groups is 1. The smallest absolute Gasteiger partial charge is 0.274 e. The Kier molecular flexibility index (Phi) is 5.53. The average molecular weight is 390 g/mol. The minimum Gasteiger partial charge on any atom is -0.350 e. The van der Waals surface area contributed by atoms with Crippen LogP contribution < -0.4 is 10.6 Å². The third kappa shape index (κ3) is 4.43. The maximum atomic E-state index is 13.7. The quantitative estimate of drug-likeness (QED) is 0.506. The molecule has 0 saturated carbocycles. The van der Waals surface area contributed by atoms with Crippen LogP contribution >= 0.6 is 0 Å². The number of anilines is 2. The van der Waals surface area contributed by atoms with Gasteiger partial charge in [0, 0.05) is 12.2 Å². The van der Waals surface area contributed by atoms with E-state index in [0.717, 1.165) is 11.6 Å². The molecule has 0 aliphatic heterocycles. The van der Waals surface area contributed by atoms with E-state index in [1.165, 1.54) is 18.2 Å². The lowest BCUT2D eigenvalue weighted by atomic mass is 10.2. The molecule has 0 fully saturated rings. The average Bonchev–Trinajstić information content (AvgIpc) is 2.67. The van der Waals surface area contributed by atoms with Gasteiger partial charge < -0.3 is 10.6 Å². The molecular formula is C19H14F4N4O. The summed E-state index contributed by atoms with van der Waals surface area (Å²) in [6.07, 6.45) is 0. The lowest BCUT2D eigenvalue weighted by molar-refractivity contribution is 0.102. The topological polar surface area (TPSA) is 66.9 Å². The summed E-state index contributed by atoms with van der Waals surface area (Å²) in [7, 11) is 0. The van der Waals surface area contributed by atoms with Crippen molar-refractivity contribution >= 4 is 17.5 Å². The van der Waals surface area contributed by atoms with E-state index in [1.54, 1.807) is 19.1 Å². The second-order valence-corrected chi connectivity index (χ2v) is 5.88. The Bertz CT molecular complexity index is 1030. The molecule has 1 aromatic heterocycles. The SMILES string of the molecule is Cc1cc(C(=O)Nc2ccc(F)c(F)c2F)nc(NCc2ccc(F)cc2)n1. The van der Waals surface area contributed by atoms with E-state index in [2.05, 4.69) is 20.6 Å². The zero-order valence-electron chi connectivity index (χ0n) is 14.6. The first-order valence-corrected chi connectivity index (χ1v) is 8.12. The molecule has 144 valence electrons. The highest BCUT2D eigenvalue weighted by Gasteiger charge is 2.17. The van der Waals surface area contributed by atoms with Crippen LogP contribution in [0.3, 0.4) is 0 Å². The summed E-state index contributed by atoms with van der Waals surface area (Å²) in [6.45, 7) is 1.91. The lowest BCUT2D eigenvalue weighted by Gasteiger charge is -2.10. The van der Waals surface area contributed by atoms with Gasteiger partial charge >= 0.3 is 0 Å². The maximum Gasteiger partial charge on any atom is 0.274 e. The van der Waals surface area contributed by atoms with E-state index in [-0.39, 0.29) is 24.0 Å². The van der Waals surface area contributed by atoms with Crippen LogP contribution in [0.15, 0.2) is 42.5 Å². The zero-order valence-corrected chi connectivity index (χ0v) is 14.6. The summed E-state index contributed by atoms with van der Waals surface area (Å²) in [5, 5.41) is 5.05. The van der Waals surface area contributed by atoms with Gasteiger partial charge in [-0.05, 0) is 42.8 Å². The van der Waals surface area contributed by atoms with Crippen molar-refractivity contribution < 1.29 is 22.4 Å². The monoisotopic (exact) mass is 390 g/mol. The van der Waals surface area contributed by atoms with Crippen LogP contribution in [-0.4, -0.2) is 15.9 Å². The van der Waals surface area contributed by atoms with Gasteiger partial charge in [0.05, 0.1) is 5.69 Å². The molecule has 2 N–H and O–H groups in total. The minimum absolute atomic E-state index is 0.0989. The molecule has 0 aliphatic rings. The van der Waals surface area contributed by atoms with Crippen LogP contribution in [0.5, 0.6) is 0 Å². The van der Waals surface area contributed by atoms with Crippen LogP contribution in [0.2, 0.25) is 0 Å². The molecule has 9 heteroatoms. The Morgan fingerprint density at radius 2 is 1.68 bits per heavy atom. The lowest BCUT2D eigenvalue weighted by Crippen LogP contribution is -2.17. The number of hydrogen-bond donors (Lipinski definition) is 2. The fourth-order valence-electron chi connectivity index (χ4n) is 2.36. The highest BCUT2D eigenvalue weighted by atomic mass is 19.2. The summed E-state index contributed by atoms with van der Waals surface area (Å²) < 4.78 is 53.0. The van der Waals surface area contributed by atoms with Crippen LogP contribution in [0.4, 0.5) is 29.2 Å². The standard InChI is InChI=1S/C19H14F4N4O/c1-10-8-15(18(28)26-14-7-6-13(21)16(22)17(14)23)27-19(25-10)24-9-11-2-4-12(20)5-3-11/h2-8H,9H2,1H3,(H,26,28)(H,24,25,27). The number of halogens is 4. The summed E-state index contributed by atoms with van der Waals surface area (Å²) in [4.78, 5) is 20.5. The van der Waals surface area contributed by atoms with Crippen molar-refractivity contribution in [3.63, 3.8) is 0 Å². The second-order valence-electron chi connectivity index (χ2n) is 5.88. The first kappa shape index (κ1) is 19.3. The highest BCUT2D eigenvalue weighted by Crippen LogP contribution is 2.20. The van der Waals surface area contributed by atoms with E-state index in [0.29, 0.717) is 11.8 Å². The van der Waals surface area contributed by atoms with Gasteiger partial charge in [0.15, 0.2) is 17.5 Å². The van der Waals surface area contributed by atoms with Gasteiger partial charge in [0.2, 0.25) is 5.95 Å². The first-order chi connectivity index (χ1) is 13.3. The predicted octanol–water partition coefficient (Wildman–Crippen LogP) is 4.21. The van der Waals surface area contributed by atoms with Crippen molar-refractivity contribution in [2.45, 2.75) is 13.5 Å². The van der Waals surface area contributed by atoms with E-state index in [1.807, 2.05) is 0 Å². The number of aryl methyl sites for hydroxylation is 1. The number of amides is 1. The number of aromatic nitrogens is 2. The molecule has 3 aromatic rings. The Labute approximate surface area is 157 Å². The maximum absolute atomic E-state index is 13.7. The van der Waals surface area contributed by atoms with Crippen molar-refractivity contribution in [1.29, 1.82) is 0 Å². The number of hydrogen-bond acceptors (Lipinski definition) is 4. The van der Waals surface area contributed by atoms with Gasteiger partial charge in [-0.2, -0.15) is 0 Å². The Hall–Kier alpha value is -3.49. The van der Waals surface area contributed by atoms with Crippen LogP contribution in [0.25, 0.3) is 0 Å². The fourth-order valence-corrected chi connectivity index (χ4v) is 2.36. The fraction of sp³-hybridized carbons (Fsp3) is 0.105. The van der Waals surface area contributed by atoms with Gasteiger partial charge in [-0.15, -0.1) is 0 Å². The zero-order chi connectivity index (χ0) is 20.3. The third-order valence-corrected chi connectivity index (χ3v) is 3.73. The summed E-state index contributed by atoms with van der Waals surface area (Å²) in [5.74, 6) is -5.60. The molecule has 0 unspecified atom stereocenters. The summed E-state index contributed by atoms with van der Waals surface area (Å²) >= 11 is 0. The molecular weight excluding hydrogens is 376 g/mol. The molecule has 5 nitrogen and oxygen atoms in total. The molecule has 0 radical (unpaired) electrons. The van der Waals surface area contributed by atoms with Crippen LogP contribution in [0, 0.1) is 30.2 Å². The van der Waals surface area contributed by atoms with Crippen LogP contribution in [0.1, 0.15) is 21.7 Å². The molecule has 28 heavy (non-hydrogen) atoms. The van der Waals surface area contributed by atoms with Crippen molar-refractivity contribution in [2.75, 3.05) is 10.6 Å². The number of nitrogens with one attached hydrogen (secondary N) is 2. The summed E-state index contributed by atoms with van der Waals surface area (Å²) in [5.41, 5.74) is 0.605. The number of nitrogens with zero attached hydrogens (tertiary/aromatic N) is 2. The molecule has 0 spiro atoms. The normalized spacial score (nSPS) is 10.6. The molecule has 0 saturated heterocycles. The Morgan fingerprint density at radius 3 is 2.39 bits per heavy atom. The molecule has 0 bridgehead atoms. The van der Waals surface area contributed by atoms with Gasteiger partial charge in [0.1, 0.15) is 11.5 Å². The summed E-state index contributed by atoms with van der Waals surface area (Å²) in [6, 6.07) is 8.75. The van der Waals surface area contributed by atoms with Gasteiger partial charge in [-0.3, -0.25) is 4.79 Å². The van der Waals surface area contributed by atoms with Gasteiger partial charge in [-0.1, -0.05) is 12.1 Å². The van der Waals surface area contributed by atoms with Crippen LogP contribution in [-0.2, 0) is 6.54 Å². The Balaban J connectivity index is 1.76. The first-order valence-electron chi connectivity index (χ1n) is 8.12. The van der Waals surface area contributed by atoms with E-state index in [9.17, 15) is 22.4 Å². The second kappa shape index (κ2) is 8.03. The highest BCUT2D eigenvalue weighted by molar-refractivity contribution is 6.03. The molecule has 3 rings (SSSR count). The molecule has 2 aromatic carbocycles. The van der Waals surface area contributed by atoms with Crippen molar-refractivity contribution in [3.8, 4) is 0 Å². The third-order valence-electron chi connectivity index (χ3n) is 3.73. The van der Waals surface area contributed by atoms with Crippen molar-refractivity contribution in [2.24, 2.45) is 0 Å². The minimum atomic E-state index is -1.68. The molecule has 0 aliphatic carbocycles. The van der Waals surface area contributed by atoms with Gasteiger partial charge in [0.25, 0.3) is 5.91 Å². The largest absolute Gasteiger partial charge is 0.350 e. The van der Waals surface area contributed by atoms with E-state index in [4.69, 9.17) is 0 Å². The van der Waals surface area contributed by atoms with Crippen molar-refractivity contribution in [3.05, 3.63) is 82.7 Å². The van der Waals surface area contributed by atoms with E-state index < -0.39 is 29.0 Å². The van der Waals surface area contributed by atoms with Gasteiger partial charge in [-0.25, -0.2) is 27.5 Å². The van der Waals surface area contributed by atoms with E-state index >= 15 is 0 Å². The number of carbonyl (C=O) groups excluding carboxylic acids is 1. The number of rotatable bonds is 5. The molecule has 0 atom stereocenters.